The van der Waals surface area contributed by atoms with Gasteiger partial charge in [0.2, 0.25) is 0 Å². The smallest absolute Gasteiger partial charge is 0.315 e. The second-order valence-corrected chi connectivity index (χ2v) is 6.16. The second-order valence-electron chi connectivity index (χ2n) is 6.16. The summed E-state index contributed by atoms with van der Waals surface area (Å²) in [5.41, 5.74) is 2.26. The van der Waals surface area contributed by atoms with E-state index in [0.717, 1.165) is 17.8 Å². The van der Waals surface area contributed by atoms with Crippen LogP contribution in [0.3, 0.4) is 0 Å². The highest BCUT2D eigenvalue weighted by atomic mass is 16.2. The molecule has 2 aromatic heterocycles. The standard InChI is InChI=1S/C19H19N5O/c25-19(23-17-12-16(17)15-5-2-1-3-6-15)21-13-14-7-9-20-18(11-14)24-10-4-8-22-24/h1-11,16-17H,12-13H2,(H2,21,23,25). The van der Waals surface area contributed by atoms with E-state index in [2.05, 4.69) is 32.8 Å². The molecule has 0 spiro atoms. The highest BCUT2D eigenvalue weighted by Crippen LogP contribution is 2.40. The molecule has 6 nitrogen and oxygen atoms in total. The number of carbonyl (C=O) groups is 1. The predicted octanol–water partition coefficient (Wildman–Crippen LogP) is 2.62. The third-order valence-corrected chi connectivity index (χ3v) is 4.34. The van der Waals surface area contributed by atoms with E-state index in [-0.39, 0.29) is 12.1 Å². The number of hydrogen-bond donors (Lipinski definition) is 2. The number of rotatable bonds is 5. The number of nitrogens with zero attached hydrogens (tertiary/aromatic N) is 3. The first kappa shape index (κ1) is 15.4. The molecule has 25 heavy (non-hydrogen) atoms. The first-order valence-corrected chi connectivity index (χ1v) is 8.34. The van der Waals surface area contributed by atoms with Crippen LogP contribution in [0.4, 0.5) is 4.79 Å². The van der Waals surface area contributed by atoms with Crippen LogP contribution in [0.5, 0.6) is 0 Å². The van der Waals surface area contributed by atoms with Crippen LogP contribution in [-0.4, -0.2) is 26.8 Å². The van der Waals surface area contributed by atoms with Crippen LogP contribution in [0.1, 0.15) is 23.5 Å². The van der Waals surface area contributed by atoms with Crippen molar-refractivity contribution in [3.05, 3.63) is 78.2 Å². The molecule has 0 radical (unpaired) electrons. The zero-order valence-corrected chi connectivity index (χ0v) is 13.7. The lowest BCUT2D eigenvalue weighted by molar-refractivity contribution is 0.240. The van der Waals surface area contributed by atoms with Crippen LogP contribution >= 0.6 is 0 Å². The van der Waals surface area contributed by atoms with E-state index in [1.165, 1.54) is 5.56 Å². The van der Waals surface area contributed by atoms with Crippen LogP contribution in [0.15, 0.2) is 67.1 Å². The molecule has 6 heteroatoms. The first-order valence-electron chi connectivity index (χ1n) is 8.34. The van der Waals surface area contributed by atoms with Crippen LogP contribution in [0, 0.1) is 0 Å². The maximum absolute atomic E-state index is 12.1. The fraction of sp³-hybridized carbons (Fsp3) is 0.211. The molecule has 2 N–H and O–H groups in total. The lowest BCUT2D eigenvalue weighted by Crippen LogP contribution is -2.36. The predicted molar refractivity (Wildman–Crippen MR) is 94.3 cm³/mol. The molecule has 1 aromatic carbocycles. The van der Waals surface area contributed by atoms with Gasteiger partial charge in [-0.15, -0.1) is 0 Å². The maximum Gasteiger partial charge on any atom is 0.315 e. The molecule has 2 unspecified atom stereocenters. The fourth-order valence-electron chi connectivity index (χ4n) is 2.93. The Morgan fingerprint density at radius 1 is 1.16 bits per heavy atom. The molecule has 2 atom stereocenters. The summed E-state index contributed by atoms with van der Waals surface area (Å²) >= 11 is 0. The van der Waals surface area contributed by atoms with Crippen molar-refractivity contribution in [2.75, 3.05) is 0 Å². The third kappa shape index (κ3) is 3.68. The van der Waals surface area contributed by atoms with Gasteiger partial charge >= 0.3 is 6.03 Å². The van der Waals surface area contributed by atoms with Crippen molar-refractivity contribution in [1.29, 1.82) is 0 Å². The first-order chi connectivity index (χ1) is 12.3. The van der Waals surface area contributed by atoms with Gasteiger partial charge in [-0.3, -0.25) is 0 Å². The summed E-state index contributed by atoms with van der Waals surface area (Å²) in [4.78, 5) is 16.4. The molecule has 1 saturated carbocycles. The van der Waals surface area contributed by atoms with Gasteiger partial charge in [-0.1, -0.05) is 30.3 Å². The molecule has 0 bridgehead atoms. The number of benzene rings is 1. The van der Waals surface area contributed by atoms with Crippen molar-refractivity contribution < 1.29 is 4.79 Å². The van der Waals surface area contributed by atoms with Crippen molar-refractivity contribution >= 4 is 6.03 Å². The Hall–Kier alpha value is -3.15. The van der Waals surface area contributed by atoms with Crippen molar-refractivity contribution in [3.8, 4) is 5.82 Å². The molecule has 1 fully saturated rings. The van der Waals surface area contributed by atoms with Gasteiger partial charge in [0, 0.05) is 37.1 Å². The van der Waals surface area contributed by atoms with Crippen molar-refractivity contribution in [2.45, 2.75) is 24.9 Å². The highest BCUT2D eigenvalue weighted by Gasteiger charge is 2.39. The van der Waals surface area contributed by atoms with E-state index in [0.29, 0.717) is 12.5 Å². The third-order valence-electron chi connectivity index (χ3n) is 4.34. The molecule has 3 aromatic rings. The molecule has 2 heterocycles. The number of amides is 2. The Bertz CT molecular complexity index is 847. The maximum atomic E-state index is 12.1. The second kappa shape index (κ2) is 6.76. The van der Waals surface area contributed by atoms with Crippen LogP contribution in [0.25, 0.3) is 5.82 Å². The number of pyridine rings is 1. The Kier molecular flexibility index (Phi) is 4.16. The van der Waals surface area contributed by atoms with Gasteiger partial charge in [0.25, 0.3) is 0 Å². The minimum atomic E-state index is -0.138. The summed E-state index contributed by atoms with van der Waals surface area (Å²) in [6.45, 7) is 0.450. The van der Waals surface area contributed by atoms with Gasteiger partial charge in [0.05, 0.1) is 0 Å². The SMILES string of the molecule is O=C(NCc1ccnc(-n2cccn2)c1)NC1CC1c1ccccc1. The average molecular weight is 333 g/mol. The Labute approximate surface area is 145 Å². The normalized spacial score (nSPS) is 18.6. The molecule has 0 aliphatic heterocycles. The van der Waals surface area contributed by atoms with E-state index in [1.54, 1.807) is 17.1 Å². The van der Waals surface area contributed by atoms with Crippen LogP contribution < -0.4 is 10.6 Å². The molecule has 4 rings (SSSR count). The molecule has 1 aliphatic carbocycles. The summed E-state index contributed by atoms with van der Waals surface area (Å²) in [6.07, 6.45) is 6.26. The Morgan fingerprint density at radius 2 is 2.04 bits per heavy atom. The van der Waals surface area contributed by atoms with Gasteiger partial charge in [-0.25, -0.2) is 14.5 Å². The summed E-state index contributed by atoms with van der Waals surface area (Å²) in [7, 11) is 0. The van der Waals surface area contributed by atoms with E-state index in [4.69, 9.17) is 0 Å². The molecular formula is C19H19N5O. The van der Waals surface area contributed by atoms with E-state index < -0.39 is 0 Å². The number of carbonyl (C=O) groups excluding carboxylic acids is 1. The number of aromatic nitrogens is 3. The van der Waals surface area contributed by atoms with Gasteiger partial charge in [-0.05, 0) is 35.7 Å². The van der Waals surface area contributed by atoms with Gasteiger partial charge in [0.1, 0.15) is 0 Å². The topological polar surface area (TPSA) is 71.8 Å². The van der Waals surface area contributed by atoms with E-state index in [1.807, 2.05) is 42.6 Å². The Morgan fingerprint density at radius 3 is 2.84 bits per heavy atom. The van der Waals surface area contributed by atoms with Crippen molar-refractivity contribution in [1.82, 2.24) is 25.4 Å². The number of nitrogens with one attached hydrogen (secondary N) is 2. The largest absolute Gasteiger partial charge is 0.335 e. The van der Waals surface area contributed by atoms with Gasteiger partial charge in [-0.2, -0.15) is 5.10 Å². The fourth-order valence-corrected chi connectivity index (χ4v) is 2.93. The molecule has 126 valence electrons. The van der Waals surface area contributed by atoms with Gasteiger partial charge < -0.3 is 10.6 Å². The zero-order valence-electron chi connectivity index (χ0n) is 13.7. The van der Waals surface area contributed by atoms with Crippen LogP contribution in [-0.2, 0) is 6.54 Å². The quantitative estimate of drug-likeness (QED) is 0.754. The monoisotopic (exact) mass is 333 g/mol. The minimum absolute atomic E-state index is 0.138. The van der Waals surface area contributed by atoms with Crippen molar-refractivity contribution in [2.24, 2.45) is 0 Å². The summed E-state index contributed by atoms with van der Waals surface area (Å²) in [6, 6.07) is 16.0. The zero-order chi connectivity index (χ0) is 17.1. The minimum Gasteiger partial charge on any atom is -0.335 e. The molecule has 2 amide bonds. The molecule has 1 aliphatic rings. The summed E-state index contributed by atoms with van der Waals surface area (Å²) in [5.74, 6) is 1.16. The lowest BCUT2D eigenvalue weighted by Gasteiger charge is -2.08. The van der Waals surface area contributed by atoms with E-state index in [9.17, 15) is 4.79 Å². The number of urea groups is 1. The van der Waals surface area contributed by atoms with Gasteiger partial charge in [0.15, 0.2) is 5.82 Å². The number of hydrogen-bond acceptors (Lipinski definition) is 3. The Balaban J connectivity index is 1.29. The molecule has 0 saturated heterocycles. The highest BCUT2D eigenvalue weighted by molar-refractivity contribution is 5.75. The lowest BCUT2D eigenvalue weighted by atomic mass is 10.1. The summed E-state index contributed by atoms with van der Waals surface area (Å²) in [5, 5.41) is 10.1. The van der Waals surface area contributed by atoms with E-state index >= 15 is 0 Å². The van der Waals surface area contributed by atoms with Crippen molar-refractivity contribution in [3.63, 3.8) is 0 Å². The average Bonchev–Trinajstić information content (AvgIpc) is 3.19. The summed E-state index contributed by atoms with van der Waals surface area (Å²) < 4.78 is 1.69. The van der Waals surface area contributed by atoms with Crippen LogP contribution in [0.2, 0.25) is 0 Å². The molecular weight excluding hydrogens is 314 g/mol.